The Balaban J connectivity index is 1.96. The van der Waals surface area contributed by atoms with Gasteiger partial charge in [0.25, 0.3) is 0 Å². The molecular weight excluding hydrogens is 198 g/mol. The predicted molar refractivity (Wildman–Crippen MR) is 64.3 cm³/mol. The van der Waals surface area contributed by atoms with Crippen molar-refractivity contribution < 1.29 is 0 Å². The minimum atomic E-state index is 0.890. The zero-order valence-corrected chi connectivity index (χ0v) is 9.83. The Labute approximate surface area is 95.9 Å². The van der Waals surface area contributed by atoms with Gasteiger partial charge in [0.2, 0.25) is 0 Å². The summed E-state index contributed by atoms with van der Waals surface area (Å²) in [6.45, 7) is 4.18. The Bertz CT molecular complexity index is 460. The number of nitrogens with zero attached hydrogens (tertiary/aromatic N) is 2. The lowest BCUT2D eigenvalue weighted by atomic mass is 10.1. The van der Waals surface area contributed by atoms with Gasteiger partial charge in [0, 0.05) is 12.8 Å². The van der Waals surface area contributed by atoms with Crippen molar-refractivity contribution in [2.75, 3.05) is 0 Å². The van der Waals surface area contributed by atoms with E-state index in [4.69, 9.17) is 0 Å². The van der Waals surface area contributed by atoms with Crippen LogP contribution in [0.25, 0.3) is 0 Å². The summed E-state index contributed by atoms with van der Waals surface area (Å²) in [4.78, 5) is 4.40. The van der Waals surface area contributed by atoms with Crippen molar-refractivity contribution in [3.63, 3.8) is 0 Å². The summed E-state index contributed by atoms with van der Waals surface area (Å²) in [5, 5.41) is 7.11. The highest BCUT2D eigenvalue weighted by molar-refractivity contribution is 5.22. The van der Waals surface area contributed by atoms with E-state index < -0.39 is 0 Å². The molecule has 84 valence electrons. The first-order valence-electron chi connectivity index (χ1n) is 5.73. The number of H-pyrrole nitrogens is 1. The zero-order valence-electron chi connectivity index (χ0n) is 9.83. The lowest BCUT2D eigenvalue weighted by molar-refractivity contribution is 0.864. The highest BCUT2D eigenvalue weighted by Crippen LogP contribution is 2.07. The molecule has 16 heavy (non-hydrogen) atoms. The van der Waals surface area contributed by atoms with E-state index in [-0.39, 0.29) is 0 Å². The number of nitrogens with one attached hydrogen (secondary N) is 1. The fourth-order valence-electron chi connectivity index (χ4n) is 1.74. The molecule has 0 saturated heterocycles. The third kappa shape index (κ3) is 2.69. The van der Waals surface area contributed by atoms with Crippen LogP contribution in [-0.2, 0) is 19.3 Å². The second-order valence-electron chi connectivity index (χ2n) is 4.04. The van der Waals surface area contributed by atoms with Crippen molar-refractivity contribution in [2.24, 2.45) is 0 Å². The summed E-state index contributed by atoms with van der Waals surface area (Å²) in [6.07, 6.45) is 2.83. The van der Waals surface area contributed by atoms with E-state index in [0.717, 1.165) is 30.9 Å². The van der Waals surface area contributed by atoms with E-state index in [9.17, 15) is 0 Å². The van der Waals surface area contributed by atoms with Crippen LogP contribution >= 0.6 is 0 Å². The third-order valence-corrected chi connectivity index (χ3v) is 2.63. The number of benzene rings is 1. The zero-order chi connectivity index (χ0) is 11.4. The maximum Gasteiger partial charge on any atom is 0.150 e. The molecule has 1 N–H and O–H groups in total. The van der Waals surface area contributed by atoms with Crippen LogP contribution in [0.4, 0.5) is 0 Å². The van der Waals surface area contributed by atoms with Crippen LogP contribution in [0.15, 0.2) is 24.3 Å². The number of hydrogen-bond acceptors (Lipinski definition) is 2. The Morgan fingerprint density at radius 1 is 1.25 bits per heavy atom. The quantitative estimate of drug-likeness (QED) is 0.851. The predicted octanol–water partition coefficient (Wildman–Crippen LogP) is 2.46. The van der Waals surface area contributed by atoms with Crippen molar-refractivity contribution in [1.29, 1.82) is 0 Å². The molecule has 0 aliphatic rings. The van der Waals surface area contributed by atoms with Crippen LogP contribution in [0, 0.1) is 6.92 Å². The Morgan fingerprint density at radius 3 is 2.81 bits per heavy atom. The first-order valence-corrected chi connectivity index (χ1v) is 5.73. The first kappa shape index (κ1) is 10.9. The summed E-state index contributed by atoms with van der Waals surface area (Å²) in [6, 6.07) is 8.59. The van der Waals surface area contributed by atoms with Crippen molar-refractivity contribution in [3.05, 3.63) is 47.0 Å². The number of aromatic amines is 1. The van der Waals surface area contributed by atoms with Crippen LogP contribution in [0.1, 0.15) is 29.7 Å². The van der Waals surface area contributed by atoms with E-state index in [2.05, 4.69) is 53.3 Å². The molecule has 2 rings (SSSR count). The molecule has 0 aliphatic carbocycles. The fourth-order valence-corrected chi connectivity index (χ4v) is 1.74. The highest BCUT2D eigenvalue weighted by atomic mass is 15.2. The van der Waals surface area contributed by atoms with Gasteiger partial charge in [0.05, 0.1) is 0 Å². The van der Waals surface area contributed by atoms with Gasteiger partial charge in [0.1, 0.15) is 11.6 Å². The van der Waals surface area contributed by atoms with Crippen molar-refractivity contribution in [2.45, 2.75) is 33.1 Å². The van der Waals surface area contributed by atoms with Gasteiger partial charge in [-0.05, 0) is 18.9 Å². The number of rotatable bonds is 4. The molecule has 0 atom stereocenters. The molecule has 0 radical (unpaired) electrons. The van der Waals surface area contributed by atoms with Gasteiger partial charge in [-0.3, -0.25) is 5.10 Å². The molecule has 0 amide bonds. The largest absolute Gasteiger partial charge is 0.263 e. The molecule has 0 fully saturated rings. The number of hydrogen-bond donors (Lipinski definition) is 1. The summed E-state index contributed by atoms with van der Waals surface area (Å²) < 4.78 is 0. The van der Waals surface area contributed by atoms with E-state index in [1.54, 1.807) is 0 Å². The fraction of sp³-hybridized carbons (Fsp3) is 0.385. The van der Waals surface area contributed by atoms with E-state index in [1.165, 1.54) is 11.1 Å². The molecule has 0 aliphatic heterocycles. The van der Waals surface area contributed by atoms with Gasteiger partial charge >= 0.3 is 0 Å². The molecular formula is C13H17N3. The average molecular weight is 215 g/mol. The van der Waals surface area contributed by atoms with Crippen LogP contribution in [0.2, 0.25) is 0 Å². The molecule has 0 unspecified atom stereocenters. The molecule has 3 nitrogen and oxygen atoms in total. The van der Waals surface area contributed by atoms with Gasteiger partial charge in [-0.2, -0.15) is 5.10 Å². The molecule has 2 aromatic rings. The van der Waals surface area contributed by atoms with Gasteiger partial charge < -0.3 is 0 Å². The van der Waals surface area contributed by atoms with E-state index >= 15 is 0 Å². The minimum Gasteiger partial charge on any atom is -0.263 e. The topological polar surface area (TPSA) is 41.6 Å². The van der Waals surface area contributed by atoms with Crippen molar-refractivity contribution in [1.82, 2.24) is 15.2 Å². The van der Waals surface area contributed by atoms with Gasteiger partial charge in [0.15, 0.2) is 0 Å². The summed E-state index contributed by atoms with van der Waals surface area (Å²) in [5.74, 6) is 1.89. The molecule has 1 aromatic carbocycles. The summed E-state index contributed by atoms with van der Waals surface area (Å²) in [7, 11) is 0. The van der Waals surface area contributed by atoms with Crippen molar-refractivity contribution >= 4 is 0 Å². The smallest absolute Gasteiger partial charge is 0.150 e. The maximum absolute atomic E-state index is 4.40. The molecule has 0 saturated carbocycles. The maximum atomic E-state index is 4.40. The minimum absolute atomic E-state index is 0.890. The SMILES string of the molecule is CCc1n[nH]c(CCc2cccc(C)c2)n1. The van der Waals surface area contributed by atoms with Crippen LogP contribution in [0.5, 0.6) is 0 Å². The monoisotopic (exact) mass is 215 g/mol. The van der Waals surface area contributed by atoms with E-state index in [0.29, 0.717) is 0 Å². The Hall–Kier alpha value is -1.64. The standard InChI is InChI=1S/C13H17N3/c1-3-12-14-13(16-15-12)8-7-11-6-4-5-10(2)9-11/h4-6,9H,3,7-8H2,1-2H3,(H,14,15,16). The van der Waals surface area contributed by atoms with E-state index in [1.807, 2.05) is 0 Å². The molecule has 0 spiro atoms. The van der Waals surface area contributed by atoms with Crippen LogP contribution in [0.3, 0.4) is 0 Å². The Kier molecular flexibility index (Phi) is 3.34. The second kappa shape index (κ2) is 4.92. The van der Waals surface area contributed by atoms with Crippen molar-refractivity contribution in [3.8, 4) is 0 Å². The average Bonchev–Trinajstić information content (AvgIpc) is 2.74. The lowest BCUT2D eigenvalue weighted by Gasteiger charge is -2.00. The Morgan fingerprint density at radius 2 is 2.12 bits per heavy atom. The molecule has 0 bridgehead atoms. The molecule has 1 aromatic heterocycles. The first-order chi connectivity index (χ1) is 7.78. The summed E-state index contributed by atoms with van der Waals surface area (Å²) >= 11 is 0. The van der Waals surface area contributed by atoms with Gasteiger partial charge in [-0.25, -0.2) is 4.98 Å². The van der Waals surface area contributed by atoms with Gasteiger partial charge in [-0.1, -0.05) is 36.8 Å². The summed E-state index contributed by atoms with van der Waals surface area (Å²) in [5.41, 5.74) is 2.67. The number of aromatic nitrogens is 3. The third-order valence-electron chi connectivity index (χ3n) is 2.63. The van der Waals surface area contributed by atoms with Gasteiger partial charge in [-0.15, -0.1) is 0 Å². The van der Waals surface area contributed by atoms with Crippen LogP contribution < -0.4 is 0 Å². The number of aryl methyl sites for hydroxylation is 4. The normalized spacial score (nSPS) is 10.6. The highest BCUT2D eigenvalue weighted by Gasteiger charge is 2.01. The second-order valence-corrected chi connectivity index (χ2v) is 4.04. The lowest BCUT2D eigenvalue weighted by Crippen LogP contribution is -1.94. The molecule has 1 heterocycles. The molecule has 3 heteroatoms. The van der Waals surface area contributed by atoms with Crippen LogP contribution in [-0.4, -0.2) is 15.2 Å².